The van der Waals surface area contributed by atoms with Crippen molar-refractivity contribution in [2.75, 3.05) is 20.3 Å². The van der Waals surface area contributed by atoms with Crippen LogP contribution in [-0.2, 0) is 9.57 Å². The number of hydroxylamine groups is 1. The smallest absolute Gasteiger partial charge is 0.275 e. The zero-order chi connectivity index (χ0) is 11.3. The van der Waals surface area contributed by atoms with E-state index >= 15 is 0 Å². The zero-order valence-electron chi connectivity index (χ0n) is 9.12. The van der Waals surface area contributed by atoms with Crippen LogP contribution < -0.4 is 5.48 Å². The number of rotatable bonds is 5. The van der Waals surface area contributed by atoms with E-state index in [-0.39, 0.29) is 5.91 Å². The number of carbonyl (C=O) groups is 1. The van der Waals surface area contributed by atoms with Crippen molar-refractivity contribution in [1.29, 1.82) is 0 Å². The van der Waals surface area contributed by atoms with Gasteiger partial charge in [-0.05, 0) is 19.9 Å². The van der Waals surface area contributed by atoms with E-state index in [1.807, 2.05) is 19.9 Å². The van der Waals surface area contributed by atoms with Gasteiger partial charge in [-0.1, -0.05) is 0 Å². The molecule has 84 valence electrons. The summed E-state index contributed by atoms with van der Waals surface area (Å²) in [5, 5.41) is 0. The van der Waals surface area contributed by atoms with Gasteiger partial charge in [-0.2, -0.15) is 0 Å². The summed E-state index contributed by atoms with van der Waals surface area (Å²) < 4.78 is 4.78. The first-order chi connectivity index (χ1) is 7.15. The van der Waals surface area contributed by atoms with Crippen LogP contribution in [0.4, 0.5) is 0 Å². The van der Waals surface area contributed by atoms with Gasteiger partial charge in [0.25, 0.3) is 5.91 Å². The van der Waals surface area contributed by atoms with Crippen LogP contribution in [0.5, 0.6) is 0 Å². The number of hydrogen-bond donors (Lipinski definition) is 1. The van der Waals surface area contributed by atoms with Crippen LogP contribution in [0, 0.1) is 13.8 Å². The molecule has 0 aliphatic carbocycles. The minimum atomic E-state index is -0.201. The predicted molar refractivity (Wildman–Crippen MR) is 59.1 cm³/mol. The minimum absolute atomic E-state index is 0.201. The second-order valence-corrected chi connectivity index (χ2v) is 4.56. The Bertz CT molecular complexity index is 335. The average molecular weight is 229 g/mol. The second kappa shape index (κ2) is 5.85. The number of amides is 1. The van der Waals surface area contributed by atoms with Crippen LogP contribution in [0.1, 0.15) is 20.1 Å². The number of carbonyl (C=O) groups excluding carboxylic acids is 1. The van der Waals surface area contributed by atoms with Crippen LogP contribution in [0.2, 0.25) is 0 Å². The van der Waals surface area contributed by atoms with Crippen LogP contribution in [0.15, 0.2) is 6.07 Å². The Morgan fingerprint density at radius 1 is 1.47 bits per heavy atom. The SMILES string of the molecule is COCCONC(=O)c1cc(C)sc1C. The predicted octanol–water partition coefficient (Wildman–Crippen LogP) is 1.67. The van der Waals surface area contributed by atoms with Crippen molar-refractivity contribution in [1.82, 2.24) is 5.48 Å². The average Bonchev–Trinajstić information content (AvgIpc) is 2.52. The van der Waals surface area contributed by atoms with Crippen LogP contribution in [0.3, 0.4) is 0 Å². The lowest BCUT2D eigenvalue weighted by atomic mass is 10.2. The van der Waals surface area contributed by atoms with Gasteiger partial charge in [0.05, 0.1) is 18.8 Å². The maximum Gasteiger partial charge on any atom is 0.275 e. The number of hydrogen-bond acceptors (Lipinski definition) is 4. The van der Waals surface area contributed by atoms with E-state index < -0.39 is 0 Å². The number of nitrogens with one attached hydrogen (secondary N) is 1. The Hall–Kier alpha value is -0.910. The maximum atomic E-state index is 11.6. The van der Waals surface area contributed by atoms with Gasteiger partial charge in [0.2, 0.25) is 0 Å². The number of methoxy groups -OCH3 is 1. The van der Waals surface area contributed by atoms with Crippen molar-refractivity contribution in [2.45, 2.75) is 13.8 Å². The molecule has 1 heterocycles. The normalized spacial score (nSPS) is 10.3. The molecule has 0 saturated heterocycles. The highest BCUT2D eigenvalue weighted by Gasteiger charge is 2.11. The van der Waals surface area contributed by atoms with Crippen molar-refractivity contribution < 1.29 is 14.4 Å². The van der Waals surface area contributed by atoms with E-state index in [2.05, 4.69) is 5.48 Å². The third-order valence-electron chi connectivity index (χ3n) is 1.84. The summed E-state index contributed by atoms with van der Waals surface area (Å²) in [6.45, 7) is 4.70. The van der Waals surface area contributed by atoms with Crippen LogP contribution in [-0.4, -0.2) is 26.2 Å². The lowest BCUT2D eigenvalue weighted by molar-refractivity contribution is 0.00888. The van der Waals surface area contributed by atoms with Gasteiger partial charge in [-0.25, -0.2) is 5.48 Å². The molecular weight excluding hydrogens is 214 g/mol. The number of thiophene rings is 1. The molecule has 0 aromatic carbocycles. The fourth-order valence-electron chi connectivity index (χ4n) is 1.15. The first kappa shape index (κ1) is 12.2. The largest absolute Gasteiger partial charge is 0.382 e. The van der Waals surface area contributed by atoms with Crippen molar-refractivity contribution in [2.24, 2.45) is 0 Å². The van der Waals surface area contributed by atoms with Gasteiger partial charge in [0.1, 0.15) is 0 Å². The van der Waals surface area contributed by atoms with Crippen LogP contribution >= 0.6 is 11.3 Å². The van der Waals surface area contributed by atoms with Crippen molar-refractivity contribution in [3.63, 3.8) is 0 Å². The van der Waals surface area contributed by atoms with E-state index in [1.165, 1.54) is 0 Å². The summed E-state index contributed by atoms with van der Waals surface area (Å²) in [6, 6.07) is 1.86. The molecule has 0 atom stereocenters. The van der Waals surface area contributed by atoms with Gasteiger partial charge in [-0.15, -0.1) is 11.3 Å². The molecule has 5 heteroatoms. The molecule has 1 amide bonds. The molecule has 0 aliphatic rings. The molecule has 0 spiro atoms. The summed E-state index contributed by atoms with van der Waals surface area (Å²) in [6.07, 6.45) is 0. The molecule has 4 nitrogen and oxygen atoms in total. The Labute approximate surface area is 93.2 Å². The van der Waals surface area contributed by atoms with Gasteiger partial charge in [0, 0.05) is 16.9 Å². The van der Waals surface area contributed by atoms with E-state index in [1.54, 1.807) is 18.4 Å². The van der Waals surface area contributed by atoms with E-state index in [4.69, 9.17) is 9.57 Å². The monoisotopic (exact) mass is 229 g/mol. The standard InChI is InChI=1S/C10H15NO3S/c1-7-6-9(8(2)15-7)10(12)11-14-5-4-13-3/h6H,4-5H2,1-3H3,(H,11,12). The van der Waals surface area contributed by atoms with Crippen molar-refractivity contribution in [3.05, 3.63) is 21.4 Å². The number of ether oxygens (including phenoxy) is 1. The number of aryl methyl sites for hydroxylation is 2. The molecule has 15 heavy (non-hydrogen) atoms. The zero-order valence-corrected chi connectivity index (χ0v) is 9.94. The highest BCUT2D eigenvalue weighted by Crippen LogP contribution is 2.20. The molecule has 0 fully saturated rings. The Morgan fingerprint density at radius 3 is 2.73 bits per heavy atom. The van der Waals surface area contributed by atoms with Crippen molar-refractivity contribution >= 4 is 17.2 Å². The van der Waals surface area contributed by atoms with E-state index in [0.29, 0.717) is 18.8 Å². The van der Waals surface area contributed by atoms with Crippen molar-refractivity contribution in [3.8, 4) is 0 Å². The Balaban J connectivity index is 2.43. The van der Waals surface area contributed by atoms with Gasteiger partial charge >= 0.3 is 0 Å². The second-order valence-electron chi connectivity index (χ2n) is 3.10. The van der Waals surface area contributed by atoms with Gasteiger partial charge in [0.15, 0.2) is 0 Å². The Morgan fingerprint density at radius 2 is 2.20 bits per heavy atom. The first-order valence-corrected chi connectivity index (χ1v) is 5.45. The molecule has 0 bridgehead atoms. The summed E-state index contributed by atoms with van der Waals surface area (Å²) in [5.41, 5.74) is 3.05. The highest BCUT2D eigenvalue weighted by atomic mass is 32.1. The fraction of sp³-hybridized carbons (Fsp3) is 0.500. The minimum Gasteiger partial charge on any atom is -0.382 e. The lowest BCUT2D eigenvalue weighted by Gasteiger charge is -2.04. The fourth-order valence-corrected chi connectivity index (χ4v) is 2.07. The van der Waals surface area contributed by atoms with E-state index in [0.717, 1.165) is 9.75 Å². The summed E-state index contributed by atoms with van der Waals surface area (Å²) in [7, 11) is 1.58. The summed E-state index contributed by atoms with van der Waals surface area (Å²) in [5.74, 6) is -0.201. The topological polar surface area (TPSA) is 47.6 Å². The molecule has 1 N–H and O–H groups in total. The third kappa shape index (κ3) is 3.62. The molecular formula is C10H15NO3S. The molecule has 0 aliphatic heterocycles. The molecule has 0 radical (unpaired) electrons. The van der Waals surface area contributed by atoms with Gasteiger partial charge < -0.3 is 4.74 Å². The summed E-state index contributed by atoms with van der Waals surface area (Å²) in [4.78, 5) is 18.6. The third-order valence-corrected chi connectivity index (χ3v) is 2.81. The van der Waals surface area contributed by atoms with E-state index in [9.17, 15) is 4.79 Å². The Kier molecular flexibility index (Phi) is 4.74. The van der Waals surface area contributed by atoms with Gasteiger partial charge in [-0.3, -0.25) is 9.63 Å². The first-order valence-electron chi connectivity index (χ1n) is 4.63. The molecule has 0 unspecified atom stereocenters. The lowest BCUT2D eigenvalue weighted by Crippen LogP contribution is -2.25. The molecule has 0 saturated carbocycles. The molecule has 1 aromatic rings. The molecule has 1 rings (SSSR count). The molecule has 1 aromatic heterocycles. The maximum absolute atomic E-state index is 11.6. The van der Waals surface area contributed by atoms with Crippen LogP contribution in [0.25, 0.3) is 0 Å². The summed E-state index contributed by atoms with van der Waals surface area (Å²) >= 11 is 1.60. The highest BCUT2D eigenvalue weighted by molar-refractivity contribution is 7.12. The quantitative estimate of drug-likeness (QED) is 0.617.